The number of carbonyl (C=O) groups excluding carboxylic acids is 1. The third-order valence-electron chi connectivity index (χ3n) is 3.15. The first kappa shape index (κ1) is 17.3. The van der Waals surface area contributed by atoms with Crippen LogP contribution in [-0.2, 0) is 4.79 Å². The molecule has 0 heterocycles. The molecule has 0 aromatic heterocycles. The highest BCUT2D eigenvalue weighted by atomic mass is 16.5. The third kappa shape index (κ3) is 5.31. The molecular formula is C18H21N3O3. The number of nitrogens with zero attached hydrogens (tertiary/aromatic N) is 1. The number of hydrazone groups is 1. The summed E-state index contributed by atoms with van der Waals surface area (Å²) in [5.41, 5.74) is 4.12. The van der Waals surface area contributed by atoms with Gasteiger partial charge in [-0.15, -0.1) is 0 Å². The Morgan fingerprint density at radius 1 is 1.17 bits per heavy atom. The number of rotatable bonds is 8. The van der Waals surface area contributed by atoms with Crippen LogP contribution in [0.3, 0.4) is 0 Å². The summed E-state index contributed by atoms with van der Waals surface area (Å²) in [6, 6.07) is 14.8. The van der Waals surface area contributed by atoms with E-state index in [-0.39, 0.29) is 12.5 Å². The number of para-hydroxylation sites is 1. The molecule has 2 rings (SSSR count). The molecule has 0 radical (unpaired) electrons. The van der Waals surface area contributed by atoms with Crippen molar-refractivity contribution in [2.24, 2.45) is 5.10 Å². The minimum atomic E-state index is -0.240. The maximum absolute atomic E-state index is 11.8. The highest BCUT2D eigenvalue weighted by molar-refractivity contribution is 5.86. The number of ether oxygens (including phenoxy) is 2. The van der Waals surface area contributed by atoms with Gasteiger partial charge in [-0.05, 0) is 43.3 Å². The summed E-state index contributed by atoms with van der Waals surface area (Å²) >= 11 is 0. The summed E-state index contributed by atoms with van der Waals surface area (Å²) in [4.78, 5) is 11.8. The van der Waals surface area contributed by atoms with Crippen molar-refractivity contribution in [3.05, 3.63) is 54.1 Å². The van der Waals surface area contributed by atoms with Crippen molar-refractivity contribution >= 4 is 17.8 Å². The van der Waals surface area contributed by atoms with E-state index in [1.807, 2.05) is 55.5 Å². The summed E-state index contributed by atoms with van der Waals surface area (Å²) in [5.74, 6) is 1.26. The maximum Gasteiger partial charge on any atom is 0.259 e. The van der Waals surface area contributed by atoms with E-state index >= 15 is 0 Å². The van der Waals surface area contributed by atoms with Crippen LogP contribution in [-0.4, -0.2) is 32.4 Å². The zero-order valence-electron chi connectivity index (χ0n) is 13.8. The lowest BCUT2D eigenvalue weighted by molar-refractivity contribution is -0.119. The lowest BCUT2D eigenvalue weighted by atomic mass is 10.2. The Morgan fingerprint density at radius 3 is 2.62 bits per heavy atom. The first-order valence-corrected chi connectivity index (χ1v) is 7.64. The SMILES string of the molecule is CCOc1ccccc1/C=N\NC(=O)CNc1ccc(OC)cc1. The Morgan fingerprint density at radius 2 is 1.92 bits per heavy atom. The molecule has 126 valence electrons. The standard InChI is InChI=1S/C18H21N3O3/c1-3-24-17-7-5-4-6-14(17)12-20-21-18(22)13-19-15-8-10-16(23-2)11-9-15/h4-12,19H,3,13H2,1-2H3,(H,21,22)/b20-12-. The van der Waals surface area contributed by atoms with Crippen molar-refractivity contribution in [3.63, 3.8) is 0 Å². The van der Waals surface area contributed by atoms with Crippen molar-refractivity contribution in [2.45, 2.75) is 6.92 Å². The summed E-state index contributed by atoms with van der Waals surface area (Å²) in [7, 11) is 1.61. The van der Waals surface area contributed by atoms with Gasteiger partial charge in [0.25, 0.3) is 5.91 Å². The molecule has 6 nitrogen and oxygen atoms in total. The lowest BCUT2D eigenvalue weighted by Gasteiger charge is -2.07. The van der Waals surface area contributed by atoms with Crippen molar-refractivity contribution in [1.29, 1.82) is 0 Å². The van der Waals surface area contributed by atoms with Crippen LogP contribution in [0.15, 0.2) is 53.6 Å². The van der Waals surface area contributed by atoms with Crippen LogP contribution in [0, 0.1) is 0 Å². The molecule has 6 heteroatoms. The Labute approximate surface area is 141 Å². The summed E-state index contributed by atoms with van der Waals surface area (Å²) < 4.78 is 10.6. The summed E-state index contributed by atoms with van der Waals surface area (Å²) in [6.07, 6.45) is 1.57. The molecule has 0 bridgehead atoms. The van der Waals surface area contributed by atoms with Crippen LogP contribution in [0.25, 0.3) is 0 Å². The molecule has 0 saturated heterocycles. The number of anilines is 1. The van der Waals surface area contributed by atoms with E-state index in [9.17, 15) is 4.79 Å². The third-order valence-corrected chi connectivity index (χ3v) is 3.15. The van der Waals surface area contributed by atoms with Gasteiger partial charge in [0.05, 0.1) is 26.5 Å². The van der Waals surface area contributed by atoms with E-state index in [2.05, 4.69) is 15.8 Å². The van der Waals surface area contributed by atoms with Crippen LogP contribution >= 0.6 is 0 Å². The number of hydrogen-bond acceptors (Lipinski definition) is 5. The molecule has 2 N–H and O–H groups in total. The molecule has 0 aliphatic heterocycles. The van der Waals surface area contributed by atoms with Gasteiger partial charge in [-0.2, -0.15) is 5.10 Å². The molecule has 0 unspecified atom stereocenters. The maximum atomic E-state index is 11.8. The molecule has 0 saturated carbocycles. The van der Waals surface area contributed by atoms with Gasteiger partial charge < -0.3 is 14.8 Å². The fourth-order valence-corrected chi connectivity index (χ4v) is 1.98. The van der Waals surface area contributed by atoms with E-state index in [1.54, 1.807) is 13.3 Å². The van der Waals surface area contributed by atoms with E-state index < -0.39 is 0 Å². The van der Waals surface area contributed by atoms with Gasteiger partial charge in [0.2, 0.25) is 0 Å². The number of carbonyl (C=O) groups is 1. The first-order valence-electron chi connectivity index (χ1n) is 7.64. The second kappa shape index (κ2) is 9.19. The molecule has 24 heavy (non-hydrogen) atoms. The lowest BCUT2D eigenvalue weighted by Crippen LogP contribution is -2.25. The molecule has 2 aromatic carbocycles. The zero-order chi connectivity index (χ0) is 17.2. The molecule has 0 aliphatic rings. The van der Waals surface area contributed by atoms with Crippen molar-refractivity contribution in [3.8, 4) is 11.5 Å². The van der Waals surface area contributed by atoms with Crippen LogP contribution in [0.4, 0.5) is 5.69 Å². The van der Waals surface area contributed by atoms with Gasteiger partial charge in [-0.25, -0.2) is 5.43 Å². The van der Waals surface area contributed by atoms with Gasteiger partial charge in [0, 0.05) is 11.3 Å². The molecule has 1 amide bonds. The minimum Gasteiger partial charge on any atom is -0.497 e. The zero-order valence-corrected chi connectivity index (χ0v) is 13.8. The van der Waals surface area contributed by atoms with Gasteiger partial charge in [-0.1, -0.05) is 12.1 Å². The molecule has 0 fully saturated rings. The van der Waals surface area contributed by atoms with Crippen molar-refractivity contribution in [2.75, 3.05) is 25.6 Å². The predicted octanol–water partition coefficient (Wildman–Crippen LogP) is 2.66. The fourth-order valence-electron chi connectivity index (χ4n) is 1.98. The van der Waals surface area contributed by atoms with Crippen LogP contribution in [0.5, 0.6) is 11.5 Å². The first-order chi connectivity index (χ1) is 11.7. The molecule has 0 atom stereocenters. The highest BCUT2D eigenvalue weighted by Gasteiger charge is 2.01. The fraction of sp³-hybridized carbons (Fsp3) is 0.222. The number of amides is 1. The van der Waals surface area contributed by atoms with E-state index in [4.69, 9.17) is 9.47 Å². The second-order valence-corrected chi connectivity index (χ2v) is 4.85. The second-order valence-electron chi connectivity index (χ2n) is 4.85. The normalized spacial score (nSPS) is 10.4. The quantitative estimate of drug-likeness (QED) is 0.577. The number of nitrogens with one attached hydrogen (secondary N) is 2. The van der Waals surface area contributed by atoms with Crippen molar-refractivity contribution < 1.29 is 14.3 Å². The monoisotopic (exact) mass is 327 g/mol. The molecule has 2 aromatic rings. The Kier molecular flexibility index (Phi) is 6.64. The molecule has 0 aliphatic carbocycles. The average molecular weight is 327 g/mol. The van der Waals surface area contributed by atoms with Gasteiger partial charge >= 0.3 is 0 Å². The van der Waals surface area contributed by atoms with E-state index in [1.165, 1.54) is 0 Å². The smallest absolute Gasteiger partial charge is 0.259 e. The van der Waals surface area contributed by atoms with Crippen LogP contribution < -0.4 is 20.2 Å². The van der Waals surface area contributed by atoms with Gasteiger partial charge in [0.15, 0.2) is 0 Å². The minimum absolute atomic E-state index is 0.122. The summed E-state index contributed by atoms with van der Waals surface area (Å²) in [6.45, 7) is 2.61. The topological polar surface area (TPSA) is 72.0 Å². The van der Waals surface area contributed by atoms with E-state index in [0.717, 1.165) is 22.7 Å². The average Bonchev–Trinajstić information content (AvgIpc) is 2.62. The number of benzene rings is 2. The van der Waals surface area contributed by atoms with Crippen molar-refractivity contribution in [1.82, 2.24) is 5.43 Å². The Hall–Kier alpha value is -3.02. The summed E-state index contributed by atoms with van der Waals surface area (Å²) in [5, 5.41) is 6.97. The van der Waals surface area contributed by atoms with Gasteiger partial charge in [-0.3, -0.25) is 4.79 Å². The number of hydrogen-bond donors (Lipinski definition) is 2. The molecule has 0 spiro atoms. The Balaban J connectivity index is 1.82. The van der Waals surface area contributed by atoms with Crippen LogP contribution in [0.1, 0.15) is 12.5 Å². The highest BCUT2D eigenvalue weighted by Crippen LogP contribution is 2.15. The Bertz CT molecular complexity index is 684. The van der Waals surface area contributed by atoms with Gasteiger partial charge in [0.1, 0.15) is 11.5 Å². The predicted molar refractivity (Wildman–Crippen MR) is 94.8 cm³/mol. The molecular weight excluding hydrogens is 306 g/mol. The van der Waals surface area contributed by atoms with Crippen LogP contribution in [0.2, 0.25) is 0 Å². The number of methoxy groups -OCH3 is 1. The largest absolute Gasteiger partial charge is 0.497 e. The van der Waals surface area contributed by atoms with E-state index in [0.29, 0.717) is 6.61 Å².